The summed E-state index contributed by atoms with van der Waals surface area (Å²) in [5, 5.41) is 2.72. The summed E-state index contributed by atoms with van der Waals surface area (Å²) in [6, 6.07) is 13.6. The van der Waals surface area contributed by atoms with Crippen LogP contribution >= 0.6 is 0 Å². The van der Waals surface area contributed by atoms with Crippen LogP contribution in [0.25, 0.3) is 0 Å². The average molecular weight is 380 g/mol. The minimum Gasteiger partial charge on any atom is -0.492 e. The fourth-order valence-corrected chi connectivity index (χ4v) is 3.21. The Morgan fingerprint density at radius 1 is 1.04 bits per heavy atom. The molecule has 0 aliphatic carbocycles. The first-order chi connectivity index (χ1) is 13.5. The zero-order valence-electron chi connectivity index (χ0n) is 16.1. The molecule has 0 fully saturated rings. The van der Waals surface area contributed by atoms with Gasteiger partial charge in [0, 0.05) is 0 Å². The standard InChI is InChI=1S/C22H24N2O4/c1-3-6-16-9-11-17(12-10-16)28-14-13-23-20(25)15(2)24-21(26)18-7-4-5-8-19(18)22(24)27/h4-5,7-12,15H,3,6,13-14H2,1-2H3,(H,23,25)/t15-/m1/s1. The quantitative estimate of drug-likeness (QED) is 0.564. The second-order valence-electron chi connectivity index (χ2n) is 6.74. The van der Waals surface area contributed by atoms with Gasteiger partial charge in [-0.15, -0.1) is 0 Å². The molecular weight excluding hydrogens is 356 g/mol. The van der Waals surface area contributed by atoms with Gasteiger partial charge in [-0.2, -0.15) is 0 Å². The van der Waals surface area contributed by atoms with Crippen LogP contribution in [0.5, 0.6) is 5.75 Å². The van der Waals surface area contributed by atoms with E-state index in [1.54, 1.807) is 31.2 Å². The van der Waals surface area contributed by atoms with Crippen LogP contribution in [-0.4, -0.2) is 41.8 Å². The van der Waals surface area contributed by atoms with Crippen LogP contribution in [0.4, 0.5) is 0 Å². The molecule has 0 aromatic heterocycles. The summed E-state index contributed by atoms with van der Waals surface area (Å²) in [6.07, 6.45) is 2.13. The van der Waals surface area contributed by atoms with E-state index >= 15 is 0 Å². The first-order valence-corrected chi connectivity index (χ1v) is 9.49. The molecule has 28 heavy (non-hydrogen) atoms. The van der Waals surface area contributed by atoms with E-state index in [2.05, 4.69) is 12.2 Å². The number of fused-ring (bicyclic) bond motifs is 1. The normalized spacial score (nSPS) is 14.0. The van der Waals surface area contributed by atoms with Gasteiger partial charge >= 0.3 is 0 Å². The third-order valence-electron chi connectivity index (χ3n) is 4.72. The third-order valence-corrected chi connectivity index (χ3v) is 4.72. The molecule has 6 nitrogen and oxygen atoms in total. The van der Waals surface area contributed by atoms with E-state index in [0.29, 0.717) is 17.7 Å². The summed E-state index contributed by atoms with van der Waals surface area (Å²) in [5.74, 6) is -0.530. The molecule has 0 saturated heterocycles. The summed E-state index contributed by atoms with van der Waals surface area (Å²) in [4.78, 5) is 38.3. The molecule has 0 unspecified atom stereocenters. The number of benzene rings is 2. The van der Waals surface area contributed by atoms with Crippen molar-refractivity contribution in [1.82, 2.24) is 10.2 Å². The summed E-state index contributed by atoms with van der Waals surface area (Å²) in [7, 11) is 0. The Morgan fingerprint density at radius 2 is 1.64 bits per heavy atom. The van der Waals surface area contributed by atoms with Gasteiger partial charge in [0.05, 0.1) is 17.7 Å². The Labute approximate surface area is 164 Å². The van der Waals surface area contributed by atoms with E-state index in [1.807, 2.05) is 24.3 Å². The van der Waals surface area contributed by atoms with Gasteiger partial charge in [0.2, 0.25) is 5.91 Å². The predicted molar refractivity (Wildman–Crippen MR) is 105 cm³/mol. The van der Waals surface area contributed by atoms with E-state index in [4.69, 9.17) is 4.74 Å². The van der Waals surface area contributed by atoms with Gasteiger partial charge in [0.15, 0.2) is 0 Å². The average Bonchev–Trinajstić information content (AvgIpc) is 2.97. The molecule has 1 atom stereocenters. The number of amides is 3. The smallest absolute Gasteiger partial charge is 0.262 e. The first-order valence-electron chi connectivity index (χ1n) is 9.49. The van der Waals surface area contributed by atoms with E-state index < -0.39 is 23.8 Å². The van der Waals surface area contributed by atoms with Gasteiger partial charge < -0.3 is 10.1 Å². The Morgan fingerprint density at radius 3 is 2.21 bits per heavy atom. The molecule has 1 aliphatic rings. The topological polar surface area (TPSA) is 75.7 Å². The van der Waals surface area contributed by atoms with Gasteiger partial charge in [-0.3, -0.25) is 19.3 Å². The second kappa shape index (κ2) is 8.69. The highest BCUT2D eigenvalue weighted by Gasteiger charge is 2.40. The van der Waals surface area contributed by atoms with E-state index in [-0.39, 0.29) is 6.54 Å². The van der Waals surface area contributed by atoms with Crippen molar-refractivity contribution in [2.45, 2.75) is 32.7 Å². The number of hydrogen-bond donors (Lipinski definition) is 1. The minimum atomic E-state index is -0.888. The molecule has 6 heteroatoms. The lowest BCUT2D eigenvalue weighted by Crippen LogP contribution is -2.48. The maximum absolute atomic E-state index is 12.4. The van der Waals surface area contributed by atoms with Crippen molar-refractivity contribution in [2.24, 2.45) is 0 Å². The maximum Gasteiger partial charge on any atom is 0.262 e. The molecule has 2 aromatic rings. The van der Waals surface area contributed by atoms with Crippen molar-refractivity contribution in [3.05, 3.63) is 65.2 Å². The molecule has 0 radical (unpaired) electrons. The summed E-state index contributed by atoms with van der Waals surface area (Å²) in [5.41, 5.74) is 1.93. The van der Waals surface area contributed by atoms with Gasteiger partial charge in [0.25, 0.3) is 11.8 Å². The molecule has 2 aromatic carbocycles. The van der Waals surface area contributed by atoms with Crippen molar-refractivity contribution >= 4 is 17.7 Å². The number of ether oxygens (including phenoxy) is 1. The summed E-state index contributed by atoms with van der Waals surface area (Å²) in [6.45, 7) is 4.26. The third kappa shape index (κ3) is 4.06. The lowest BCUT2D eigenvalue weighted by atomic mass is 10.1. The molecule has 0 bridgehead atoms. The zero-order valence-corrected chi connectivity index (χ0v) is 16.1. The van der Waals surface area contributed by atoms with Gasteiger partial charge in [-0.25, -0.2) is 0 Å². The highest BCUT2D eigenvalue weighted by molar-refractivity contribution is 6.22. The largest absolute Gasteiger partial charge is 0.492 e. The number of rotatable bonds is 8. The van der Waals surface area contributed by atoms with Crippen LogP contribution < -0.4 is 10.1 Å². The van der Waals surface area contributed by atoms with Crippen molar-refractivity contribution in [1.29, 1.82) is 0 Å². The van der Waals surface area contributed by atoms with E-state index in [9.17, 15) is 14.4 Å². The maximum atomic E-state index is 12.4. The number of carbonyl (C=O) groups is 3. The highest BCUT2D eigenvalue weighted by Crippen LogP contribution is 2.24. The van der Waals surface area contributed by atoms with Crippen LogP contribution in [-0.2, 0) is 11.2 Å². The van der Waals surface area contributed by atoms with Crippen LogP contribution in [0.1, 0.15) is 46.5 Å². The van der Waals surface area contributed by atoms with E-state index in [1.165, 1.54) is 5.56 Å². The van der Waals surface area contributed by atoms with Crippen LogP contribution in [0.15, 0.2) is 48.5 Å². The summed E-state index contributed by atoms with van der Waals surface area (Å²) >= 11 is 0. The van der Waals surface area contributed by atoms with Gasteiger partial charge in [-0.05, 0) is 43.2 Å². The fourth-order valence-electron chi connectivity index (χ4n) is 3.21. The number of aryl methyl sites for hydroxylation is 1. The number of imide groups is 1. The van der Waals surface area contributed by atoms with Gasteiger partial charge in [-0.1, -0.05) is 37.6 Å². The molecule has 0 spiro atoms. The molecule has 1 heterocycles. The number of nitrogens with one attached hydrogen (secondary N) is 1. The molecular formula is C22H24N2O4. The minimum absolute atomic E-state index is 0.281. The Kier molecular flexibility index (Phi) is 6.09. The SMILES string of the molecule is CCCc1ccc(OCCNC(=O)[C@@H](C)N2C(=O)c3ccccc3C2=O)cc1. The Hall–Kier alpha value is -3.15. The van der Waals surface area contributed by atoms with Crippen LogP contribution in [0.3, 0.4) is 0 Å². The molecule has 146 valence electrons. The zero-order chi connectivity index (χ0) is 20.1. The van der Waals surface area contributed by atoms with Crippen molar-refractivity contribution < 1.29 is 19.1 Å². The second-order valence-corrected chi connectivity index (χ2v) is 6.74. The molecule has 3 rings (SSSR count). The van der Waals surface area contributed by atoms with Crippen molar-refractivity contribution in [2.75, 3.05) is 13.2 Å². The Balaban J connectivity index is 1.49. The highest BCUT2D eigenvalue weighted by atomic mass is 16.5. The Bertz CT molecular complexity index is 841. The molecule has 1 aliphatic heterocycles. The summed E-state index contributed by atoms with van der Waals surface area (Å²) < 4.78 is 5.63. The number of carbonyl (C=O) groups excluding carboxylic acids is 3. The van der Waals surface area contributed by atoms with Crippen LogP contribution in [0, 0.1) is 0 Å². The molecule has 1 N–H and O–H groups in total. The van der Waals surface area contributed by atoms with Gasteiger partial charge in [0.1, 0.15) is 18.4 Å². The molecule has 3 amide bonds. The lowest BCUT2D eigenvalue weighted by molar-refractivity contribution is -0.124. The first kappa shape index (κ1) is 19.6. The monoisotopic (exact) mass is 380 g/mol. The predicted octanol–water partition coefficient (Wildman–Crippen LogP) is 2.82. The lowest BCUT2D eigenvalue weighted by Gasteiger charge is -2.21. The van der Waals surface area contributed by atoms with Crippen LogP contribution in [0.2, 0.25) is 0 Å². The van der Waals surface area contributed by atoms with Crippen molar-refractivity contribution in [3.63, 3.8) is 0 Å². The number of hydrogen-bond acceptors (Lipinski definition) is 4. The van der Waals surface area contributed by atoms with Crippen molar-refractivity contribution in [3.8, 4) is 5.75 Å². The number of nitrogens with zero attached hydrogens (tertiary/aromatic N) is 1. The van der Waals surface area contributed by atoms with E-state index in [0.717, 1.165) is 23.5 Å². The molecule has 0 saturated carbocycles. The fraction of sp³-hybridized carbons (Fsp3) is 0.318.